The summed E-state index contributed by atoms with van der Waals surface area (Å²) in [6.07, 6.45) is -1.66. The third kappa shape index (κ3) is 2.24. The normalized spacial score (nSPS) is 38.6. The Balaban J connectivity index is 2.51. The van der Waals surface area contributed by atoms with Gasteiger partial charge in [0.1, 0.15) is 6.10 Å². The molecule has 1 aliphatic heterocycles. The first-order chi connectivity index (χ1) is 8.72. The second kappa shape index (κ2) is 4.65. The number of nitrogens with zero attached hydrogens (tertiary/aromatic N) is 1. The number of rotatable bonds is 2. The fourth-order valence-electron chi connectivity index (χ4n) is 2.05. The maximum atomic E-state index is 14.3. The second-order valence-electron chi connectivity index (χ2n) is 4.68. The lowest BCUT2D eigenvalue weighted by molar-refractivity contribution is -0.169. The average Bonchev–Trinajstić information content (AvgIpc) is 2.51. The number of hydrogen-bond donors (Lipinski definition) is 3. The van der Waals surface area contributed by atoms with Gasteiger partial charge in [0.05, 0.1) is 9.97 Å². The van der Waals surface area contributed by atoms with Gasteiger partial charge in [0, 0.05) is 12.3 Å². The van der Waals surface area contributed by atoms with Gasteiger partial charge >= 0.3 is 5.69 Å². The molecule has 0 radical (unpaired) electrons. The molecule has 0 unspecified atom stereocenters. The van der Waals surface area contributed by atoms with E-state index in [1.807, 2.05) is 4.98 Å². The zero-order valence-corrected chi connectivity index (χ0v) is 12.1. The van der Waals surface area contributed by atoms with E-state index in [0.717, 1.165) is 16.8 Å². The Morgan fingerprint density at radius 3 is 2.79 bits per heavy atom. The molecule has 0 aliphatic carbocycles. The number of aromatic nitrogens is 2. The monoisotopic (exact) mass is 385 g/mol. The van der Waals surface area contributed by atoms with E-state index in [0.29, 0.717) is 0 Å². The van der Waals surface area contributed by atoms with Crippen LogP contribution < -0.4 is 17.0 Å². The molecule has 1 saturated heterocycles. The molecule has 1 fully saturated rings. The molecule has 1 aromatic rings. The quantitative estimate of drug-likeness (QED) is 0.458. The Kier molecular flexibility index (Phi) is 3.58. The summed E-state index contributed by atoms with van der Waals surface area (Å²) >= 11 is 1.72. The Bertz CT molecular complexity index is 601. The number of nitrogens with two attached hydrogens (primary N) is 1. The van der Waals surface area contributed by atoms with Gasteiger partial charge in [-0.15, -0.1) is 0 Å². The first-order valence-corrected chi connectivity index (χ1v) is 6.96. The average molecular weight is 385 g/mol. The van der Waals surface area contributed by atoms with Crippen molar-refractivity contribution >= 4 is 22.6 Å². The van der Waals surface area contributed by atoms with Crippen LogP contribution in [0.1, 0.15) is 13.2 Å². The van der Waals surface area contributed by atoms with Crippen LogP contribution in [0.15, 0.2) is 21.9 Å². The molecule has 7 nitrogen and oxygen atoms in total. The van der Waals surface area contributed by atoms with Crippen molar-refractivity contribution in [1.29, 1.82) is 0 Å². The van der Waals surface area contributed by atoms with Crippen molar-refractivity contribution in [2.75, 3.05) is 4.43 Å². The van der Waals surface area contributed by atoms with Crippen LogP contribution in [0.2, 0.25) is 0 Å². The first kappa shape index (κ1) is 14.6. The van der Waals surface area contributed by atoms with E-state index in [9.17, 15) is 19.1 Å². The number of alkyl halides is 2. The van der Waals surface area contributed by atoms with Gasteiger partial charge in [-0.05, 0) is 6.92 Å². The molecule has 9 heteroatoms. The van der Waals surface area contributed by atoms with Gasteiger partial charge < -0.3 is 15.6 Å². The number of hydrogen-bond acceptors (Lipinski definition) is 5. The largest absolute Gasteiger partial charge is 0.385 e. The van der Waals surface area contributed by atoms with Crippen LogP contribution in [0.4, 0.5) is 4.39 Å². The van der Waals surface area contributed by atoms with Gasteiger partial charge in [0.15, 0.2) is 6.23 Å². The van der Waals surface area contributed by atoms with Crippen LogP contribution in [0.25, 0.3) is 0 Å². The molecule has 19 heavy (non-hydrogen) atoms. The number of aliphatic hydroxyl groups excluding tert-OH is 1. The van der Waals surface area contributed by atoms with Crippen molar-refractivity contribution in [3.8, 4) is 0 Å². The Morgan fingerprint density at radius 2 is 2.32 bits per heavy atom. The molecule has 2 heterocycles. The molecule has 4 N–H and O–H groups in total. The Morgan fingerprint density at radius 1 is 1.68 bits per heavy atom. The summed E-state index contributed by atoms with van der Waals surface area (Å²) in [5.41, 5.74) is 3.01. The van der Waals surface area contributed by atoms with Gasteiger partial charge in [0.2, 0.25) is 5.85 Å². The molecule has 2 rings (SSSR count). The standard InChI is InChI=1S/C10H13FIN3O4/c1-9(13)6(17)10(11,4-12)19-7(9)15-3-2-5(16)14-8(15)18/h2-3,6-7,17H,4,13H2,1H3,(H,14,16,18)/t6-,7+,9+,10+/m0/s1. The van der Waals surface area contributed by atoms with Crippen molar-refractivity contribution in [2.24, 2.45) is 5.73 Å². The van der Waals surface area contributed by atoms with Crippen molar-refractivity contribution < 1.29 is 14.2 Å². The number of aliphatic hydroxyl groups is 1. The first-order valence-electron chi connectivity index (χ1n) is 5.43. The number of H-pyrrole nitrogens is 1. The molecule has 4 atom stereocenters. The molecule has 1 aliphatic rings. The van der Waals surface area contributed by atoms with Crippen molar-refractivity contribution in [1.82, 2.24) is 9.55 Å². The molecule has 0 bridgehead atoms. The lowest BCUT2D eigenvalue weighted by atomic mass is 9.93. The predicted molar refractivity (Wildman–Crippen MR) is 72.8 cm³/mol. The summed E-state index contributed by atoms with van der Waals surface area (Å²) in [6.45, 7) is 1.38. The Labute approximate surface area is 120 Å². The molecule has 0 amide bonds. The van der Waals surface area contributed by atoms with Crippen LogP contribution in [0, 0.1) is 0 Å². The summed E-state index contributed by atoms with van der Waals surface area (Å²) in [5.74, 6) is -2.34. The second-order valence-corrected chi connectivity index (χ2v) is 5.44. The van der Waals surface area contributed by atoms with E-state index in [-0.39, 0.29) is 4.43 Å². The fraction of sp³-hybridized carbons (Fsp3) is 0.600. The maximum Gasteiger partial charge on any atom is 0.330 e. The van der Waals surface area contributed by atoms with Crippen molar-refractivity contribution in [3.05, 3.63) is 33.1 Å². The smallest absolute Gasteiger partial charge is 0.330 e. The highest BCUT2D eigenvalue weighted by molar-refractivity contribution is 14.1. The third-order valence-corrected chi connectivity index (χ3v) is 4.16. The molecular weight excluding hydrogens is 372 g/mol. The third-order valence-electron chi connectivity index (χ3n) is 3.12. The van der Waals surface area contributed by atoms with Crippen LogP contribution in [0.5, 0.6) is 0 Å². The fourth-order valence-corrected chi connectivity index (χ4v) is 2.65. The maximum absolute atomic E-state index is 14.3. The van der Waals surface area contributed by atoms with Crippen molar-refractivity contribution in [2.45, 2.75) is 30.6 Å². The summed E-state index contributed by atoms with van der Waals surface area (Å²) < 4.78 is 20.3. The predicted octanol–water partition coefficient (Wildman–Crippen LogP) is -0.756. The van der Waals surface area contributed by atoms with Crippen LogP contribution in [-0.2, 0) is 4.74 Å². The van der Waals surface area contributed by atoms with Gasteiger partial charge in [-0.2, -0.15) is 0 Å². The minimum Gasteiger partial charge on any atom is -0.385 e. The van der Waals surface area contributed by atoms with Crippen LogP contribution >= 0.6 is 22.6 Å². The van der Waals surface area contributed by atoms with Gasteiger partial charge in [-0.25, -0.2) is 9.18 Å². The number of nitrogens with one attached hydrogen (secondary N) is 1. The van der Waals surface area contributed by atoms with Crippen molar-refractivity contribution in [3.63, 3.8) is 0 Å². The molecule has 106 valence electrons. The summed E-state index contributed by atoms with van der Waals surface area (Å²) in [7, 11) is 0. The zero-order valence-electron chi connectivity index (χ0n) is 9.97. The minimum absolute atomic E-state index is 0.146. The molecule has 0 saturated carbocycles. The molecular formula is C10H13FIN3O4. The van der Waals surface area contributed by atoms with Crippen LogP contribution in [0.3, 0.4) is 0 Å². The highest BCUT2D eigenvalue weighted by Crippen LogP contribution is 2.43. The molecule has 0 aromatic carbocycles. The topological polar surface area (TPSA) is 110 Å². The van der Waals surface area contributed by atoms with Gasteiger partial charge in [0.25, 0.3) is 5.56 Å². The van der Waals surface area contributed by atoms with E-state index in [4.69, 9.17) is 10.5 Å². The van der Waals surface area contributed by atoms with Gasteiger partial charge in [-0.3, -0.25) is 14.3 Å². The highest BCUT2D eigenvalue weighted by Gasteiger charge is 2.61. The number of ether oxygens (including phenoxy) is 1. The van der Waals surface area contributed by atoms with Gasteiger partial charge in [-0.1, -0.05) is 22.6 Å². The number of halogens is 2. The lowest BCUT2D eigenvalue weighted by Gasteiger charge is -2.28. The zero-order chi connectivity index (χ0) is 14.4. The van der Waals surface area contributed by atoms with E-state index in [2.05, 4.69) is 0 Å². The van der Waals surface area contributed by atoms with E-state index < -0.39 is 35.0 Å². The SMILES string of the molecule is C[C@]1(N)[C@H](n2ccc(=O)[nH]c2=O)O[C@](F)(CI)[C@H]1O. The molecule has 0 spiro atoms. The molecule has 1 aromatic heterocycles. The van der Waals surface area contributed by atoms with Crippen LogP contribution in [-0.4, -0.2) is 36.6 Å². The van der Waals surface area contributed by atoms with E-state index in [1.165, 1.54) is 6.92 Å². The Hall–Kier alpha value is -0.780. The lowest BCUT2D eigenvalue weighted by Crippen LogP contribution is -2.55. The number of aromatic amines is 1. The van der Waals surface area contributed by atoms with E-state index in [1.54, 1.807) is 22.6 Å². The minimum atomic E-state index is -2.34. The summed E-state index contributed by atoms with van der Waals surface area (Å²) in [4.78, 5) is 24.7. The summed E-state index contributed by atoms with van der Waals surface area (Å²) in [5, 5.41) is 9.94. The van der Waals surface area contributed by atoms with E-state index >= 15 is 0 Å². The highest BCUT2D eigenvalue weighted by atomic mass is 127. The summed E-state index contributed by atoms with van der Waals surface area (Å²) in [6, 6.07) is 1.09.